The Balaban J connectivity index is 2.66. The molecule has 0 N–H and O–H groups in total. The van der Waals surface area contributed by atoms with Gasteiger partial charge in [-0.3, -0.25) is 0 Å². The number of thiophene rings is 1. The monoisotopic (exact) mass is 380 g/mol. The van der Waals surface area contributed by atoms with Crippen LogP contribution in [0.2, 0.25) is 0 Å². The van der Waals surface area contributed by atoms with E-state index in [2.05, 4.69) is 63.6 Å². The summed E-state index contributed by atoms with van der Waals surface area (Å²) in [6.45, 7) is 2.20. The van der Waals surface area contributed by atoms with Gasteiger partial charge in [-0.2, -0.15) is 0 Å². The molecule has 0 unspecified atom stereocenters. The van der Waals surface area contributed by atoms with E-state index >= 15 is 0 Å². The summed E-state index contributed by atoms with van der Waals surface area (Å²) in [4.78, 5) is 1.44. The first-order chi connectivity index (χ1) is 6.76. The summed E-state index contributed by atoms with van der Waals surface area (Å²) in [6.07, 6.45) is 1.12. The van der Waals surface area contributed by atoms with E-state index < -0.39 is 0 Å². The van der Waals surface area contributed by atoms with E-state index in [4.69, 9.17) is 0 Å². The third-order valence-corrected chi connectivity index (χ3v) is 5.97. The molecule has 0 nitrogen and oxygen atoms in total. The van der Waals surface area contributed by atoms with Crippen LogP contribution < -0.4 is 0 Å². The van der Waals surface area contributed by atoms with Gasteiger partial charge in [-0.25, -0.2) is 0 Å². The van der Waals surface area contributed by atoms with Crippen molar-refractivity contribution in [2.75, 3.05) is 0 Å². The van der Waals surface area contributed by atoms with Crippen LogP contribution in [-0.4, -0.2) is 0 Å². The van der Waals surface area contributed by atoms with Crippen molar-refractivity contribution in [2.24, 2.45) is 0 Å². The number of hydrogen-bond acceptors (Lipinski definition) is 1. The Bertz CT molecular complexity index is 462. The number of rotatable bonds is 2. The summed E-state index contributed by atoms with van der Waals surface area (Å²) in [5, 5.41) is 2.37. The van der Waals surface area contributed by atoms with Crippen molar-refractivity contribution < 1.29 is 0 Å². The van der Waals surface area contributed by atoms with Crippen LogP contribution >= 0.6 is 49.9 Å². The SMILES string of the molecule is CCc1ccc2c(I)c(CBr)sc2c1. The molecule has 0 aliphatic heterocycles. The fraction of sp³-hybridized carbons (Fsp3) is 0.273. The Morgan fingerprint density at radius 2 is 2.21 bits per heavy atom. The molecule has 0 spiro atoms. The molecule has 0 saturated heterocycles. The van der Waals surface area contributed by atoms with E-state index in [0.29, 0.717) is 0 Å². The lowest BCUT2D eigenvalue weighted by molar-refractivity contribution is 1.15. The maximum atomic E-state index is 3.53. The molecule has 0 atom stereocenters. The highest BCUT2D eigenvalue weighted by Crippen LogP contribution is 2.34. The smallest absolute Gasteiger partial charge is 0.0388 e. The van der Waals surface area contributed by atoms with Crippen LogP contribution in [0.3, 0.4) is 0 Å². The number of alkyl halides is 1. The van der Waals surface area contributed by atoms with Crippen molar-refractivity contribution in [3.05, 3.63) is 32.2 Å². The van der Waals surface area contributed by atoms with Crippen LogP contribution in [0, 0.1) is 3.57 Å². The molecule has 1 heterocycles. The van der Waals surface area contributed by atoms with Gasteiger partial charge in [0.15, 0.2) is 0 Å². The van der Waals surface area contributed by atoms with Gasteiger partial charge in [0.1, 0.15) is 0 Å². The zero-order valence-electron chi connectivity index (χ0n) is 7.81. The highest BCUT2D eigenvalue weighted by atomic mass is 127. The summed E-state index contributed by atoms with van der Waals surface area (Å²) in [5.74, 6) is 0. The van der Waals surface area contributed by atoms with Crippen molar-refractivity contribution in [2.45, 2.75) is 18.7 Å². The second-order valence-corrected chi connectivity index (χ2v) is 5.93. The lowest BCUT2D eigenvalue weighted by Crippen LogP contribution is -1.78. The van der Waals surface area contributed by atoms with Gasteiger partial charge in [0.2, 0.25) is 0 Å². The Morgan fingerprint density at radius 3 is 2.86 bits per heavy atom. The highest BCUT2D eigenvalue weighted by Gasteiger charge is 2.08. The van der Waals surface area contributed by atoms with E-state index in [1.54, 1.807) is 0 Å². The summed E-state index contributed by atoms with van der Waals surface area (Å²) in [7, 11) is 0. The van der Waals surface area contributed by atoms with Gasteiger partial charge >= 0.3 is 0 Å². The molecular weight excluding hydrogens is 371 g/mol. The van der Waals surface area contributed by atoms with E-state index in [0.717, 1.165) is 11.8 Å². The molecule has 1 aromatic carbocycles. The molecule has 2 aromatic rings. The Labute approximate surface area is 110 Å². The molecule has 0 bridgehead atoms. The third kappa shape index (κ3) is 1.86. The van der Waals surface area contributed by atoms with Gasteiger partial charge in [-0.05, 0) is 40.6 Å². The standard InChI is InChI=1S/C11H10BrIS/c1-2-7-3-4-8-9(5-7)14-10(6-12)11(8)13/h3-5H,2,6H2,1H3. The predicted molar refractivity (Wildman–Crippen MR) is 76.6 cm³/mol. The first-order valence-electron chi connectivity index (χ1n) is 4.52. The summed E-state index contributed by atoms with van der Waals surface area (Å²) in [5.41, 5.74) is 1.43. The maximum Gasteiger partial charge on any atom is 0.0388 e. The van der Waals surface area contributed by atoms with E-state index in [1.807, 2.05) is 11.3 Å². The first kappa shape index (κ1) is 10.9. The first-order valence-corrected chi connectivity index (χ1v) is 7.53. The lowest BCUT2D eigenvalue weighted by Gasteiger charge is -1.95. The Morgan fingerprint density at radius 1 is 1.43 bits per heavy atom. The van der Waals surface area contributed by atoms with Crippen LogP contribution in [0.25, 0.3) is 10.1 Å². The van der Waals surface area contributed by atoms with Crippen molar-refractivity contribution in [1.29, 1.82) is 0 Å². The van der Waals surface area contributed by atoms with Crippen LogP contribution in [0.5, 0.6) is 0 Å². The molecule has 1 aromatic heterocycles. The molecule has 14 heavy (non-hydrogen) atoms. The van der Waals surface area contributed by atoms with Gasteiger partial charge in [0.25, 0.3) is 0 Å². The molecule has 0 aliphatic carbocycles. The van der Waals surface area contributed by atoms with Gasteiger partial charge in [0, 0.05) is 23.9 Å². The quantitative estimate of drug-likeness (QED) is 0.510. The summed E-state index contributed by atoms with van der Waals surface area (Å²) in [6, 6.07) is 6.79. The van der Waals surface area contributed by atoms with E-state index in [1.165, 1.54) is 24.1 Å². The lowest BCUT2D eigenvalue weighted by atomic mass is 10.1. The highest BCUT2D eigenvalue weighted by molar-refractivity contribution is 14.1. The Hall–Kier alpha value is 0.390. The van der Waals surface area contributed by atoms with Crippen LogP contribution in [0.15, 0.2) is 18.2 Å². The zero-order chi connectivity index (χ0) is 10.1. The fourth-order valence-electron chi connectivity index (χ4n) is 1.47. The van der Waals surface area contributed by atoms with Crippen molar-refractivity contribution in [3.8, 4) is 0 Å². The van der Waals surface area contributed by atoms with Crippen LogP contribution in [-0.2, 0) is 11.8 Å². The average Bonchev–Trinajstić information content (AvgIpc) is 2.55. The van der Waals surface area contributed by atoms with Crippen LogP contribution in [0.1, 0.15) is 17.4 Å². The van der Waals surface area contributed by atoms with Gasteiger partial charge in [-0.15, -0.1) is 11.3 Å². The molecular formula is C11H10BrIS. The molecule has 0 saturated carbocycles. The molecule has 0 radical (unpaired) electrons. The number of halogens is 2. The minimum atomic E-state index is 0.964. The van der Waals surface area contributed by atoms with Crippen molar-refractivity contribution in [1.82, 2.24) is 0 Å². The predicted octanol–water partition coefficient (Wildman–Crippen LogP) is 4.96. The largest absolute Gasteiger partial charge is 0.138 e. The van der Waals surface area contributed by atoms with Gasteiger partial charge in [-0.1, -0.05) is 35.0 Å². The minimum absolute atomic E-state index is 0.964. The second kappa shape index (κ2) is 4.49. The maximum absolute atomic E-state index is 3.53. The number of fused-ring (bicyclic) bond motifs is 1. The topological polar surface area (TPSA) is 0 Å². The van der Waals surface area contributed by atoms with Gasteiger partial charge < -0.3 is 0 Å². The second-order valence-electron chi connectivity index (χ2n) is 3.16. The van der Waals surface area contributed by atoms with Gasteiger partial charge in [0.05, 0.1) is 0 Å². The van der Waals surface area contributed by atoms with Crippen molar-refractivity contribution in [3.63, 3.8) is 0 Å². The summed E-state index contributed by atoms with van der Waals surface area (Å²) < 4.78 is 2.82. The Kier molecular flexibility index (Phi) is 3.50. The van der Waals surface area contributed by atoms with E-state index in [-0.39, 0.29) is 0 Å². The summed E-state index contributed by atoms with van der Waals surface area (Å²) >= 11 is 7.86. The average molecular weight is 381 g/mol. The molecule has 0 aliphatic rings. The molecule has 0 fully saturated rings. The minimum Gasteiger partial charge on any atom is -0.138 e. The number of benzene rings is 1. The van der Waals surface area contributed by atoms with E-state index in [9.17, 15) is 0 Å². The normalized spacial score (nSPS) is 11.1. The van der Waals surface area contributed by atoms with Crippen LogP contribution in [0.4, 0.5) is 0 Å². The fourth-order valence-corrected chi connectivity index (χ4v) is 4.80. The van der Waals surface area contributed by atoms with Crippen molar-refractivity contribution >= 4 is 59.9 Å². The molecule has 3 heteroatoms. The number of aryl methyl sites for hydroxylation is 1. The molecule has 74 valence electrons. The molecule has 2 rings (SSSR count). The molecule has 0 amide bonds. The number of hydrogen-bond donors (Lipinski definition) is 0. The third-order valence-electron chi connectivity index (χ3n) is 2.29. The zero-order valence-corrected chi connectivity index (χ0v) is 12.4.